The smallest absolute Gasteiger partial charge is 0.126 e. The summed E-state index contributed by atoms with van der Waals surface area (Å²) in [5.41, 5.74) is 6.44. The maximum absolute atomic E-state index is 13.5. The Bertz CT molecular complexity index is 969. The molecule has 1 aliphatic rings. The summed E-state index contributed by atoms with van der Waals surface area (Å²) in [5, 5.41) is 0. The lowest BCUT2D eigenvalue weighted by atomic mass is 9.97. The van der Waals surface area contributed by atoms with Gasteiger partial charge in [-0.15, -0.1) is 0 Å². The molecule has 0 aliphatic carbocycles. The second kappa shape index (κ2) is 8.30. The predicted octanol–water partition coefficient (Wildman–Crippen LogP) is 6.55. The number of anilines is 1. The normalized spacial score (nSPS) is 14.1. The average Bonchev–Trinajstić information content (AvgIpc) is 3.06. The van der Waals surface area contributed by atoms with Gasteiger partial charge in [-0.05, 0) is 66.3 Å². The lowest BCUT2D eigenvalue weighted by molar-refractivity contribution is 0.472. The predicted molar refractivity (Wildman–Crippen MR) is 117 cm³/mol. The number of benzene rings is 2. The lowest BCUT2D eigenvalue weighted by Crippen LogP contribution is -2.21. The molecule has 0 atom stereocenters. The number of halogens is 1. The van der Waals surface area contributed by atoms with Gasteiger partial charge >= 0.3 is 0 Å². The zero-order valence-electron chi connectivity index (χ0n) is 16.9. The van der Waals surface area contributed by atoms with Gasteiger partial charge in [0.2, 0.25) is 0 Å². The van der Waals surface area contributed by atoms with Crippen LogP contribution < -0.4 is 4.90 Å². The molecular weight excluding hydrogens is 347 g/mol. The van der Waals surface area contributed by atoms with Gasteiger partial charge in [-0.1, -0.05) is 50.4 Å². The fourth-order valence-corrected chi connectivity index (χ4v) is 3.53. The number of nitrogens with zero attached hydrogens (tertiary/aromatic N) is 2. The highest BCUT2D eigenvalue weighted by atomic mass is 19.1. The van der Waals surface area contributed by atoms with E-state index in [9.17, 15) is 4.39 Å². The Morgan fingerprint density at radius 2 is 1.93 bits per heavy atom. The van der Waals surface area contributed by atoms with Crippen molar-refractivity contribution in [3.05, 3.63) is 108 Å². The SMILES string of the molecule is C=C/C(=C\C)c1ccc(N2C=CN(Cc3ccc(F)c(C)c3)C2=C)cc1CC. The van der Waals surface area contributed by atoms with Crippen LogP contribution in [-0.4, -0.2) is 4.90 Å². The van der Waals surface area contributed by atoms with Gasteiger partial charge in [-0.3, -0.25) is 0 Å². The van der Waals surface area contributed by atoms with Gasteiger partial charge in [-0.25, -0.2) is 4.39 Å². The van der Waals surface area contributed by atoms with Crippen LogP contribution in [0, 0.1) is 12.7 Å². The molecule has 2 nitrogen and oxygen atoms in total. The minimum Gasteiger partial charge on any atom is -0.329 e. The van der Waals surface area contributed by atoms with E-state index in [4.69, 9.17) is 0 Å². The van der Waals surface area contributed by atoms with Crippen LogP contribution in [0.25, 0.3) is 5.57 Å². The molecule has 144 valence electrons. The molecule has 2 aromatic carbocycles. The van der Waals surface area contributed by atoms with E-state index in [1.54, 1.807) is 6.92 Å². The molecule has 0 amide bonds. The second-order valence-electron chi connectivity index (χ2n) is 6.94. The van der Waals surface area contributed by atoms with Crippen LogP contribution in [0.15, 0.2) is 79.9 Å². The second-order valence-corrected chi connectivity index (χ2v) is 6.94. The molecule has 0 N–H and O–H groups in total. The van der Waals surface area contributed by atoms with Crippen molar-refractivity contribution in [2.24, 2.45) is 0 Å². The Hall–Kier alpha value is -3.07. The summed E-state index contributed by atoms with van der Waals surface area (Å²) in [7, 11) is 0. The number of rotatable bonds is 6. The molecule has 1 heterocycles. The molecule has 0 saturated carbocycles. The Morgan fingerprint density at radius 3 is 2.57 bits per heavy atom. The molecule has 0 bridgehead atoms. The highest BCUT2D eigenvalue weighted by Crippen LogP contribution is 2.31. The Balaban J connectivity index is 1.82. The van der Waals surface area contributed by atoms with Gasteiger partial charge in [0.05, 0.1) is 0 Å². The van der Waals surface area contributed by atoms with E-state index in [2.05, 4.69) is 54.2 Å². The summed E-state index contributed by atoms with van der Waals surface area (Å²) in [6, 6.07) is 11.7. The molecular formula is C25H27FN2. The van der Waals surface area contributed by atoms with E-state index in [0.29, 0.717) is 12.1 Å². The quantitative estimate of drug-likeness (QED) is 0.529. The van der Waals surface area contributed by atoms with Crippen molar-refractivity contribution < 1.29 is 4.39 Å². The third kappa shape index (κ3) is 3.79. The van der Waals surface area contributed by atoms with Gasteiger partial charge in [0.1, 0.15) is 11.6 Å². The van der Waals surface area contributed by atoms with E-state index in [0.717, 1.165) is 29.1 Å². The van der Waals surface area contributed by atoms with Crippen molar-refractivity contribution in [1.82, 2.24) is 4.90 Å². The van der Waals surface area contributed by atoms with Gasteiger partial charge in [0.25, 0.3) is 0 Å². The number of aryl methyl sites for hydroxylation is 2. The van der Waals surface area contributed by atoms with E-state index >= 15 is 0 Å². The summed E-state index contributed by atoms with van der Waals surface area (Å²) >= 11 is 0. The minimum atomic E-state index is -0.173. The molecule has 0 aromatic heterocycles. The topological polar surface area (TPSA) is 6.48 Å². The molecule has 3 rings (SSSR count). The molecule has 0 saturated heterocycles. The van der Waals surface area contributed by atoms with Gasteiger partial charge in [-0.2, -0.15) is 0 Å². The highest BCUT2D eigenvalue weighted by molar-refractivity contribution is 5.77. The molecule has 0 unspecified atom stereocenters. The van der Waals surface area contributed by atoms with E-state index < -0.39 is 0 Å². The van der Waals surface area contributed by atoms with Crippen LogP contribution in [0.5, 0.6) is 0 Å². The fourth-order valence-electron chi connectivity index (χ4n) is 3.53. The van der Waals surface area contributed by atoms with E-state index in [-0.39, 0.29) is 5.82 Å². The van der Waals surface area contributed by atoms with Crippen LogP contribution in [0.1, 0.15) is 36.1 Å². The number of hydrogen-bond acceptors (Lipinski definition) is 2. The summed E-state index contributed by atoms with van der Waals surface area (Å²) in [6.45, 7) is 14.8. The lowest BCUT2D eigenvalue weighted by Gasteiger charge is -2.25. The third-order valence-electron chi connectivity index (χ3n) is 5.17. The van der Waals surface area contributed by atoms with Gasteiger partial charge in [0.15, 0.2) is 0 Å². The third-order valence-corrected chi connectivity index (χ3v) is 5.17. The molecule has 0 fully saturated rings. The molecule has 2 aromatic rings. The molecule has 0 spiro atoms. The monoisotopic (exact) mass is 374 g/mol. The van der Waals surface area contributed by atoms with Crippen molar-refractivity contribution >= 4 is 11.3 Å². The van der Waals surface area contributed by atoms with Crippen LogP contribution in [0.2, 0.25) is 0 Å². The summed E-state index contributed by atoms with van der Waals surface area (Å²) in [6.07, 6.45) is 8.97. The molecule has 1 aliphatic heterocycles. The highest BCUT2D eigenvalue weighted by Gasteiger charge is 2.20. The number of hydrogen-bond donors (Lipinski definition) is 0. The fraction of sp³-hybridized carbons (Fsp3) is 0.200. The van der Waals surface area contributed by atoms with Crippen molar-refractivity contribution in [3.63, 3.8) is 0 Å². The van der Waals surface area contributed by atoms with Gasteiger partial charge < -0.3 is 9.80 Å². The summed E-state index contributed by atoms with van der Waals surface area (Å²) in [4.78, 5) is 4.16. The van der Waals surface area contributed by atoms with Crippen molar-refractivity contribution in [2.75, 3.05) is 4.90 Å². The first kappa shape index (κ1) is 19.7. The molecule has 0 radical (unpaired) electrons. The van der Waals surface area contributed by atoms with Crippen LogP contribution in [0.4, 0.5) is 10.1 Å². The van der Waals surface area contributed by atoms with Crippen molar-refractivity contribution in [1.29, 1.82) is 0 Å². The standard InChI is InChI=1S/C25H27FN2/c1-6-21(7-2)24-11-10-23(16-22(24)8-3)28-14-13-27(19(28)5)17-20-9-12-25(26)18(4)15-20/h6-7,9-16H,1,5,8,17H2,2-4H3/b21-7+. The van der Waals surface area contributed by atoms with Gasteiger partial charge in [0, 0.05) is 24.6 Å². The zero-order valence-corrected chi connectivity index (χ0v) is 16.9. The van der Waals surface area contributed by atoms with Crippen LogP contribution in [-0.2, 0) is 13.0 Å². The molecule has 3 heteroatoms. The number of allylic oxidation sites excluding steroid dienone is 3. The minimum absolute atomic E-state index is 0.173. The first-order valence-corrected chi connectivity index (χ1v) is 9.58. The Kier molecular flexibility index (Phi) is 5.84. The molecule has 28 heavy (non-hydrogen) atoms. The van der Waals surface area contributed by atoms with Crippen molar-refractivity contribution in [2.45, 2.75) is 33.7 Å². The van der Waals surface area contributed by atoms with E-state index in [1.165, 1.54) is 17.2 Å². The summed E-state index contributed by atoms with van der Waals surface area (Å²) < 4.78 is 13.5. The first-order chi connectivity index (χ1) is 13.5. The first-order valence-electron chi connectivity index (χ1n) is 9.58. The van der Waals surface area contributed by atoms with Crippen LogP contribution in [0.3, 0.4) is 0 Å². The van der Waals surface area contributed by atoms with Crippen LogP contribution >= 0.6 is 0 Å². The maximum Gasteiger partial charge on any atom is 0.126 e. The Labute approximate surface area is 167 Å². The Morgan fingerprint density at radius 1 is 1.14 bits per heavy atom. The zero-order chi connectivity index (χ0) is 20.3. The average molecular weight is 375 g/mol. The maximum atomic E-state index is 13.5. The largest absolute Gasteiger partial charge is 0.329 e. The van der Waals surface area contributed by atoms with Crippen molar-refractivity contribution in [3.8, 4) is 0 Å². The summed E-state index contributed by atoms with van der Waals surface area (Å²) in [5.74, 6) is 0.708. The van der Waals surface area contributed by atoms with E-state index in [1.807, 2.05) is 37.5 Å².